The largest absolute Gasteiger partial charge is 0.345 e. The summed E-state index contributed by atoms with van der Waals surface area (Å²) in [5.74, 6) is -0.467. The molecule has 2 aliphatic rings. The Balaban J connectivity index is 1.39. The normalized spacial score (nSPS) is 17.8. The number of fused-ring (bicyclic) bond motifs is 3. The number of nitrogens with one attached hydrogen (secondary N) is 2. The molecule has 3 heterocycles. The fraction of sp³-hybridized carbons (Fsp3) is 0.320. The van der Waals surface area contributed by atoms with Crippen molar-refractivity contribution in [2.45, 2.75) is 45.2 Å². The van der Waals surface area contributed by atoms with Crippen LogP contribution < -0.4 is 10.6 Å². The Morgan fingerprint density at radius 1 is 1.19 bits per heavy atom. The van der Waals surface area contributed by atoms with Crippen LogP contribution in [0.25, 0.3) is 10.9 Å². The fourth-order valence-electron chi connectivity index (χ4n) is 4.78. The summed E-state index contributed by atoms with van der Waals surface area (Å²) >= 11 is 0. The molecule has 0 spiro atoms. The van der Waals surface area contributed by atoms with Crippen LogP contribution in [-0.4, -0.2) is 39.8 Å². The second kappa shape index (κ2) is 7.82. The SMILES string of the molecule is CC(C)n1cc(CC(=O)Nc2ccc3c(c2)C(=O)N2CCC[C@H]2C(=O)N3)c2ccccc21. The standard InChI is InChI=1S/C25H26N4O3/c1-15(2)29-14-16(18-6-3-4-7-21(18)29)12-23(30)26-17-9-10-20-19(13-17)25(32)28-11-5-8-22(28)24(31)27-20/h3-4,6-7,9-10,13-15,22H,5,8,11-12H2,1-2H3,(H,26,30)(H,27,31)/t22-/m0/s1. The second-order valence-corrected chi connectivity index (χ2v) is 8.80. The topological polar surface area (TPSA) is 83.4 Å². The van der Waals surface area contributed by atoms with Crippen molar-refractivity contribution in [2.75, 3.05) is 17.2 Å². The zero-order chi connectivity index (χ0) is 22.4. The highest BCUT2D eigenvalue weighted by atomic mass is 16.2. The van der Waals surface area contributed by atoms with E-state index in [1.54, 1.807) is 23.1 Å². The van der Waals surface area contributed by atoms with Gasteiger partial charge in [-0.25, -0.2) is 0 Å². The van der Waals surface area contributed by atoms with E-state index >= 15 is 0 Å². The summed E-state index contributed by atoms with van der Waals surface area (Å²) in [6.45, 7) is 4.81. The van der Waals surface area contributed by atoms with Crippen LogP contribution in [0.4, 0.5) is 11.4 Å². The van der Waals surface area contributed by atoms with E-state index in [1.807, 2.05) is 24.4 Å². The molecule has 32 heavy (non-hydrogen) atoms. The first-order valence-corrected chi connectivity index (χ1v) is 11.1. The highest BCUT2D eigenvalue weighted by molar-refractivity contribution is 6.11. The van der Waals surface area contributed by atoms with Crippen molar-refractivity contribution in [3.8, 4) is 0 Å². The quantitative estimate of drug-likeness (QED) is 0.657. The van der Waals surface area contributed by atoms with E-state index in [1.165, 1.54) is 0 Å². The molecule has 3 aromatic rings. The number of aromatic nitrogens is 1. The average molecular weight is 431 g/mol. The smallest absolute Gasteiger partial charge is 0.256 e. The van der Waals surface area contributed by atoms with E-state index in [0.717, 1.165) is 22.9 Å². The molecular weight excluding hydrogens is 404 g/mol. The summed E-state index contributed by atoms with van der Waals surface area (Å²) in [5, 5.41) is 6.85. The molecule has 0 bridgehead atoms. The molecule has 164 valence electrons. The molecule has 2 aromatic carbocycles. The number of anilines is 2. The molecule has 3 amide bonds. The van der Waals surface area contributed by atoms with Crippen molar-refractivity contribution in [1.29, 1.82) is 0 Å². The first-order chi connectivity index (χ1) is 15.4. The Kier molecular flexibility index (Phi) is 4.96. The van der Waals surface area contributed by atoms with E-state index < -0.39 is 6.04 Å². The predicted molar refractivity (Wildman–Crippen MR) is 124 cm³/mol. The highest BCUT2D eigenvalue weighted by Crippen LogP contribution is 2.31. The monoisotopic (exact) mass is 430 g/mol. The lowest BCUT2D eigenvalue weighted by Crippen LogP contribution is -2.40. The van der Waals surface area contributed by atoms with E-state index in [0.29, 0.717) is 29.9 Å². The number of benzene rings is 2. The van der Waals surface area contributed by atoms with Crippen LogP contribution in [0.2, 0.25) is 0 Å². The predicted octanol–water partition coefficient (Wildman–Crippen LogP) is 3.96. The van der Waals surface area contributed by atoms with Crippen LogP contribution in [0, 0.1) is 0 Å². The number of hydrogen-bond donors (Lipinski definition) is 2. The summed E-state index contributed by atoms with van der Waals surface area (Å²) in [5.41, 5.74) is 3.52. The number of rotatable bonds is 4. The van der Waals surface area contributed by atoms with Gasteiger partial charge in [0.25, 0.3) is 5.91 Å². The number of nitrogens with zero attached hydrogens (tertiary/aromatic N) is 2. The van der Waals surface area contributed by atoms with Crippen molar-refractivity contribution in [1.82, 2.24) is 9.47 Å². The van der Waals surface area contributed by atoms with Gasteiger partial charge in [0.15, 0.2) is 0 Å². The third kappa shape index (κ3) is 3.43. The van der Waals surface area contributed by atoms with Gasteiger partial charge in [-0.15, -0.1) is 0 Å². The van der Waals surface area contributed by atoms with Crippen LogP contribution in [0.3, 0.4) is 0 Å². The zero-order valence-electron chi connectivity index (χ0n) is 18.2. The molecule has 2 N–H and O–H groups in total. The summed E-state index contributed by atoms with van der Waals surface area (Å²) in [4.78, 5) is 40.0. The first-order valence-electron chi connectivity index (χ1n) is 11.1. The Bertz CT molecular complexity index is 1240. The lowest BCUT2D eigenvalue weighted by Gasteiger charge is -2.20. The molecule has 1 aromatic heterocycles. The van der Waals surface area contributed by atoms with Gasteiger partial charge in [0.2, 0.25) is 11.8 Å². The molecule has 1 atom stereocenters. The van der Waals surface area contributed by atoms with Gasteiger partial charge in [-0.05, 0) is 56.5 Å². The number of amides is 3. The highest BCUT2D eigenvalue weighted by Gasteiger charge is 2.38. The lowest BCUT2D eigenvalue weighted by molar-refractivity contribution is -0.119. The molecule has 0 saturated carbocycles. The minimum absolute atomic E-state index is 0.145. The second-order valence-electron chi connectivity index (χ2n) is 8.80. The van der Waals surface area contributed by atoms with Crippen LogP contribution in [0.5, 0.6) is 0 Å². The van der Waals surface area contributed by atoms with Gasteiger partial charge in [-0.1, -0.05) is 18.2 Å². The number of hydrogen-bond acceptors (Lipinski definition) is 3. The van der Waals surface area contributed by atoms with E-state index in [-0.39, 0.29) is 30.2 Å². The average Bonchev–Trinajstić information content (AvgIpc) is 3.38. The fourth-order valence-corrected chi connectivity index (χ4v) is 4.78. The summed E-state index contributed by atoms with van der Waals surface area (Å²) in [6, 6.07) is 13.0. The Morgan fingerprint density at radius 3 is 2.81 bits per heavy atom. The number of carbonyl (C=O) groups excluding carboxylic acids is 3. The van der Waals surface area contributed by atoms with Crippen molar-refractivity contribution in [2.24, 2.45) is 0 Å². The maximum absolute atomic E-state index is 13.0. The molecule has 7 heteroatoms. The van der Waals surface area contributed by atoms with Crippen LogP contribution in [0.15, 0.2) is 48.7 Å². The molecule has 0 unspecified atom stereocenters. The van der Waals surface area contributed by atoms with Gasteiger partial charge < -0.3 is 20.1 Å². The van der Waals surface area contributed by atoms with Crippen molar-refractivity contribution in [3.05, 3.63) is 59.8 Å². The third-order valence-corrected chi connectivity index (χ3v) is 6.34. The molecular formula is C25H26N4O3. The summed E-state index contributed by atoms with van der Waals surface area (Å²) < 4.78 is 2.17. The molecule has 1 fully saturated rings. The first kappa shape index (κ1) is 20.3. The van der Waals surface area contributed by atoms with Crippen molar-refractivity contribution < 1.29 is 14.4 Å². The number of para-hydroxylation sites is 1. The van der Waals surface area contributed by atoms with Gasteiger partial charge in [0, 0.05) is 35.4 Å². The molecule has 7 nitrogen and oxygen atoms in total. The Labute approximate surface area is 186 Å². The van der Waals surface area contributed by atoms with Gasteiger partial charge >= 0.3 is 0 Å². The summed E-state index contributed by atoms with van der Waals surface area (Å²) in [6.07, 6.45) is 3.77. The molecule has 0 aliphatic carbocycles. The van der Waals surface area contributed by atoms with Crippen molar-refractivity contribution >= 4 is 40.0 Å². The minimum Gasteiger partial charge on any atom is -0.345 e. The Morgan fingerprint density at radius 2 is 2.00 bits per heavy atom. The van der Waals surface area contributed by atoms with Gasteiger partial charge in [-0.3, -0.25) is 14.4 Å². The number of carbonyl (C=O) groups is 3. The van der Waals surface area contributed by atoms with Gasteiger partial charge in [0.05, 0.1) is 17.7 Å². The Hall–Kier alpha value is -3.61. The van der Waals surface area contributed by atoms with E-state index in [2.05, 4.69) is 35.1 Å². The zero-order valence-corrected chi connectivity index (χ0v) is 18.2. The van der Waals surface area contributed by atoms with Crippen LogP contribution in [-0.2, 0) is 16.0 Å². The van der Waals surface area contributed by atoms with Crippen LogP contribution >= 0.6 is 0 Å². The summed E-state index contributed by atoms with van der Waals surface area (Å²) in [7, 11) is 0. The van der Waals surface area contributed by atoms with E-state index in [4.69, 9.17) is 0 Å². The molecule has 2 aliphatic heterocycles. The maximum atomic E-state index is 13.0. The lowest BCUT2D eigenvalue weighted by atomic mass is 10.1. The maximum Gasteiger partial charge on any atom is 0.256 e. The van der Waals surface area contributed by atoms with Crippen molar-refractivity contribution in [3.63, 3.8) is 0 Å². The minimum atomic E-state index is -0.411. The molecule has 1 saturated heterocycles. The third-order valence-electron chi connectivity index (χ3n) is 6.34. The van der Waals surface area contributed by atoms with E-state index in [9.17, 15) is 14.4 Å². The van der Waals surface area contributed by atoms with Gasteiger partial charge in [-0.2, -0.15) is 0 Å². The van der Waals surface area contributed by atoms with Crippen LogP contribution in [0.1, 0.15) is 48.7 Å². The molecule has 0 radical (unpaired) electrons. The molecule has 5 rings (SSSR count). The van der Waals surface area contributed by atoms with Gasteiger partial charge in [0.1, 0.15) is 6.04 Å².